The Hall–Kier alpha value is -2.83. The lowest BCUT2D eigenvalue weighted by molar-refractivity contribution is 0.612. The summed E-state index contributed by atoms with van der Waals surface area (Å²) in [6, 6.07) is 9.98. The van der Waals surface area contributed by atoms with Crippen LogP contribution in [-0.2, 0) is 13.0 Å². The van der Waals surface area contributed by atoms with Crippen molar-refractivity contribution in [3.63, 3.8) is 0 Å². The molecule has 2 aliphatic heterocycles. The van der Waals surface area contributed by atoms with Gasteiger partial charge in [0.05, 0.1) is 6.54 Å². The maximum absolute atomic E-state index is 14.0. The zero-order chi connectivity index (χ0) is 20.9. The van der Waals surface area contributed by atoms with Crippen LogP contribution in [0.4, 0.5) is 15.9 Å². The van der Waals surface area contributed by atoms with Crippen molar-refractivity contribution in [1.82, 2.24) is 15.6 Å². The standard InChI is InChI=1S/C23H31FN6/c1-3-25-23(27-15-17-8-9-21-18(14-17)6-5-12-29(21)2)28-19-10-13-30(16-19)22-20(24)7-4-11-26-22/h4,7-9,11,14,19H,3,5-6,10,12-13,15-16H2,1-2H3,(H2,25,27,28). The molecular formula is C23H31FN6. The zero-order valence-corrected chi connectivity index (χ0v) is 17.9. The number of nitrogens with one attached hydrogen (secondary N) is 2. The highest BCUT2D eigenvalue weighted by molar-refractivity contribution is 5.80. The van der Waals surface area contributed by atoms with E-state index in [9.17, 15) is 4.39 Å². The normalized spacial score (nSPS) is 19.0. The second kappa shape index (κ2) is 9.32. The van der Waals surface area contributed by atoms with E-state index in [-0.39, 0.29) is 11.9 Å². The van der Waals surface area contributed by atoms with Gasteiger partial charge in [-0.15, -0.1) is 0 Å². The van der Waals surface area contributed by atoms with Crippen LogP contribution in [0.5, 0.6) is 0 Å². The molecule has 3 heterocycles. The van der Waals surface area contributed by atoms with E-state index in [0.29, 0.717) is 18.9 Å². The van der Waals surface area contributed by atoms with E-state index in [1.54, 1.807) is 12.3 Å². The minimum atomic E-state index is -0.267. The summed E-state index contributed by atoms with van der Waals surface area (Å²) in [6.45, 7) is 6.12. The molecule has 0 bridgehead atoms. The Morgan fingerprint density at radius 1 is 1.30 bits per heavy atom. The molecule has 1 aromatic heterocycles. The summed E-state index contributed by atoms with van der Waals surface area (Å²) in [7, 11) is 2.16. The molecule has 0 radical (unpaired) electrons. The largest absolute Gasteiger partial charge is 0.374 e. The van der Waals surface area contributed by atoms with Gasteiger partial charge in [-0.2, -0.15) is 0 Å². The monoisotopic (exact) mass is 410 g/mol. The number of benzene rings is 1. The summed E-state index contributed by atoms with van der Waals surface area (Å²) in [5, 5.41) is 6.85. The van der Waals surface area contributed by atoms with Gasteiger partial charge in [0, 0.05) is 51.2 Å². The summed E-state index contributed by atoms with van der Waals surface area (Å²) in [5.41, 5.74) is 3.98. The molecule has 7 heteroatoms. The van der Waals surface area contributed by atoms with E-state index in [0.717, 1.165) is 38.4 Å². The van der Waals surface area contributed by atoms with Crippen molar-refractivity contribution < 1.29 is 4.39 Å². The summed E-state index contributed by atoms with van der Waals surface area (Å²) in [6.07, 6.45) is 4.90. The molecule has 6 nitrogen and oxygen atoms in total. The summed E-state index contributed by atoms with van der Waals surface area (Å²) < 4.78 is 14.0. The topological polar surface area (TPSA) is 55.8 Å². The molecule has 2 aromatic rings. The molecule has 1 saturated heterocycles. The number of hydrogen-bond acceptors (Lipinski definition) is 4. The van der Waals surface area contributed by atoms with Crippen LogP contribution in [0, 0.1) is 5.82 Å². The number of pyridine rings is 1. The number of aliphatic imine (C=N–C) groups is 1. The van der Waals surface area contributed by atoms with Crippen LogP contribution in [0.2, 0.25) is 0 Å². The van der Waals surface area contributed by atoms with Crippen LogP contribution in [0.3, 0.4) is 0 Å². The number of fused-ring (bicyclic) bond motifs is 1. The van der Waals surface area contributed by atoms with E-state index in [2.05, 4.69) is 52.7 Å². The first-order valence-corrected chi connectivity index (χ1v) is 10.9. The minimum Gasteiger partial charge on any atom is -0.374 e. The molecule has 0 amide bonds. The fourth-order valence-corrected chi connectivity index (χ4v) is 4.30. The van der Waals surface area contributed by atoms with Gasteiger partial charge in [0.1, 0.15) is 0 Å². The van der Waals surface area contributed by atoms with Gasteiger partial charge in [0.25, 0.3) is 0 Å². The van der Waals surface area contributed by atoms with Crippen LogP contribution >= 0.6 is 0 Å². The van der Waals surface area contributed by atoms with E-state index >= 15 is 0 Å². The molecule has 2 aliphatic rings. The molecule has 1 atom stereocenters. The van der Waals surface area contributed by atoms with Crippen molar-refractivity contribution in [3.05, 3.63) is 53.5 Å². The van der Waals surface area contributed by atoms with Crippen molar-refractivity contribution in [3.8, 4) is 0 Å². The second-order valence-electron chi connectivity index (χ2n) is 8.07. The number of rotatable bonds is 5. The second-order valence-corrected chi connectivity index (χ2v) is 8.07. The average molecular weight is 411 g/mol. The Morgan fingerprint density at radius 3 is 3.03 bits per heavy atom. The lowest BCUT2D eigenvalue weighted by Gasteiger charge is -2.27. The van der Waals surface area contributed by atoms with Crippen molar-refractivity contribution in [2.75, 3.05) is 43.0 Å². The summed E-state index contributed by atoms with van der Waals surface area (Å²) >= 11 is 0. The fourth-order valence-electron chi connectivity index (χ4n) is 4.30. The first-order valence-electron chi connectivity index (χ1n) is 10.9. The van der Waals surface area contributed by atoms with Gasteiger partial charge < -0.3 is 20.4 Å². The van der Waals surface area contributed by atoms with Crippen LogP contribution in [0.15, 0.2) is 41.5 Å². The van der Waals surface area contributed by atoms with E-state index in [4.69, 9.17) is 4.99 Å². The lowest BCUT2D eigenvalue weighted by Crippen LogP contribution is -2.44. The third kappa shape index (κ3) is 4.66. The number of aromatic nitrogens is 1. The molecular weight excluding hydrogens is 379 g/mol. The Labute approximate surface area is 178 Å². The minimum absolute atomic E-state index is 0.210. The first kappa shape index (κ1) is 20.4. The van der Waals surface area contributed by atoms with Gasteiger partial charge in [0.2, 0.25) is 0 Å². The summed E-state index contributed by atoms with van der Waals surface area (Å²) in [5.74, 6) is 0.972. The number of guanidine groups is 1. The lowest BCUT2D eigenvalue weighted by atomic mass is 10.00. The van der Waals surface area contributed by atoms with Crippen molar-refractivity contribution in [2.45, 2.75) is 38.8 Å². The molecule has 1 aromatic carbocycles. The molecule has 1 unspecified atom stereocenters. The van der Waals surface area contributed by atoms with Gasteiger partial charge in [-0.1, -0.05) is 12.1 Å². The van der Waals surface area contributed by atoms with Crippen LogP contribution in [0.25, 0.3) is 0 Å². The Morgan fingerprint density at radius 2 is 2.20 bits per heavy atom. The van der Waals surface area contributed by atoms with Gasteiger partial charge in [-0.25, -0.2) is 14.4 Å². The fraction of sp³-hybridized carbons (Fsp3) is 0.478. The smallest absolute Gasteiger partial charge is 0.191 e. The number of hydrogen-bond donors (Lipinski definition) is 2. The van der Waals surface area contributed by atoms with Gasteiger partial charge in [0.15, 0.2) is 17.6 Å². The van der Waals surface area contributed by atoms with Gasteiger partial charge >= 0.3 is 0 Å². The highest BCUT2D eigenvalue weighted by Crippen LogP contribution is 2.27. The van der Waals surface area contributed by atoms with Crippen LogP contribution < -0.4 is 20.4 Å². The molecule has 30 heavy (non-hydrogen) atoms. The Kier molecular flexibility index (Phi) is 6.35. The van der Waals surface area contributed by atoms with Crippen LogP contribution in [-0.4, -0.2) is 50.2 Å². The molecule has 2 N–H and O–H groups in total. The molecule has 0 saturated carbocycles. The number of nitrogens with zero attached hydrogens (tertiary/aromatic N) is 4. The SMILES string of the molecule is CCNC(=NCc1ccc2c(c1)CCCN2C)NC1CCN(c2ncccc2F)C1. The predicted molar refractivity (Wildman–Crippen MR) is 121 cm³/mol. The predicted octanol–water partition coefficient (Wildman–Crippen LogP) is 2.94. The molecule has 1 fully saturated rings. The third-order valence-corrected chi connectivity index (χ3v) is 5.83. The van der Waals surface area contributed by atoms with E-state index < -0.39 is 0 Å². The third-order valence-electron chi connectivity index (χ3n) is 5.83. The zero-order valence-electron chi connectivity index (χ0n) is 17.9. The number of aryl methyl sites for hydroxylation is 1. The highest BCUT2D eigenvalue weighted by Gasteiger charge is 2.26. The van der Waals surface area contributed by atoms with Gasteiger partial charge in [-0.05, 0) is 55.5 Å². The maximum atomic E-state index is 14.0. The highest BCUT2D eigenvalue weighted by atomic mass is 19.1. The number of halogens is 1. The maximum Gasteiger partial charge on any atom is 0.191 e. The first-order chi connectivity index (χ1) is 14.6. The average Bonchev–Trinajstić information content (AvgIpc) is 3.21. The van der Waals surface area contributed by atoms with Crippen molar-refractivity contribution in [1.29, 1.82) is 0 Å². The van der Waals surface area contributed by atoms with Crippen LogP contribution in [0.1, 0.15) is 30.9 Å². The van der Waals surface area contributed by atoms with Gasteiger partial charge in [-0.3, -0.25) is 0 Å². The molecule has 0 aliphatic carbocycles. The van der Waals surface area contributed by atoms with E-state index in [1.165, 1.54) is 29.3 Å². The molecule has 4 rings (SSSR count). The molecule has 160 valence electrons. The van der Waals surface area contributed by atoms with Crippen molar-refractivity contribution >= 4 is 17.5 Å². The molecule has 0 spiro atoms. The summed E-state index contributed by atoms with van der Waals surface area (Å²) in [4.78, 5) is 13.3. The number of anilines is 2. The van der Waals surface area contributed by atoms with E-state index in [1.807, 2.05) is 4.90 Å². The Balaban J connectivity index is 1.39. The quantitative estimate of drug-likeness (QED) is 0.586. The van der Waals surface area contributed by atoms with Crippen molar-refractivity contribution in [2.24, 2.45) is 4.99 Å². The Bertz CT molecular complexity index is 899.